The molecule has 3 atom stereocenters. The highest BCUT2D eigenvalue weighted by molar-refractivity contribution is 6.31. The van der Waals surface area contributed by atoms with Crippen LogP contribution in [0.25, 0.3) is 0 Å². The van der Waals surface area contributed by atoms with E-state index in [1.165, 1.54) is 6.07 Å². The van der Waals surface area contributed by atoms with Crippen LogP contribution in [0.5, 0.6) is 0 Å². The second kappa shape index (κ2) is 7.62. The van der Waals surface area contributed by atoms with E-state index in [0.29, 0.717) is 10.6 Å². The molecule has 2 rings (SSSR count). The van der Waals surface area contributed by atoms with Gasteiger partial charge in [-0.1, -0.05) is 30.5 Å². The predicted molar refractivity (Wildman–Crippen MR) is 89.8 cm³/mol. The van der Waals surface area contributed by atoms with E-state index >= 15 is 0 Å². The molecule has 22 heavy (non-hydrogen) atoms. The summed E-state index contributed by atoms with van der Waals surface area (Å²) in [7, 11) is 0. The molecule has 3 nitrogen and oxygen atoms in total. The number of nitrogens with two attached hydrogens (primary N) is 1. The zero-order valence-corrected chi connectivity index (χ0v) is 14.4. The van der Waals surface area contributed by atoms with Gasteiger partial charge in [-0.2, -0.15) is 0 Å². The van der Waals surface area contributed by atoms with Gasteiger partial charge in [-0.3, -0.25) is 4.79 Å². The third-order valence-electron chi connectivity index (χ3n) is 4.36. The lowest BCUT2D eigenvalue weighted by molar-refractivity contribution is -0.128. The van der Waals surface area contributed by atoms with Gasteiger partial charge in [0.25, 0.3) is 0 Å². The number of rotatable bonds is 3. The van der Waals surface area contributed by atoms with E-state index in [4.69, 9.17) is 17.3 Å². The molecule has 0 aromatic heterocycles. The number of hydrogen-bond donors (Lipinski definition) is 2. The molecule has 3 N–H and O–H groups in total. The normalized spacial score (nSPS) is 26.0. The average Bonchev–Trinajstić information content (AvgIpc) is 2.37. The smallest absolute Gasteiger partial charge is 0.225 e. The van der Waals surface area contributed by atoms with Crippen LogP contribution in [-0.2, 0) is 4.79 Å². The minimum atomic E-state index is -0.499. The first kappa shape index (κ1) is 19.2. The minimum Gasteiger partial charge on any atom is -0.349 e. The molecule has 3 unspecified atom stereocenters. The Morgan fingerprint density at radius 1 is 1.50 bits per heavy atom. The van der Waals surface area contributed by atoms with Crippen molar-refractivity contribution in [3.05, 3.63) is 34.6 Å². The maximum atomic E-state index is 13.9. The molecule has 1 aromatic carbocycles. The van der Waals surface area contributed by atoms with Crippen LogP contribution in [0, 0.1) is 11.7 Å². The molecule has 6 heteroatoms. The molecule has 0 bridgehead atoms. The van der Waals surface area contributed by atoms with Crippen molar-refractivity contribution in [2.45, 2.75) is 51.1 Å². The van der Waals surface area contributed by atoms with Gasteiger partial charge in [0, 0.05) is 16.1 Å². The van der Waals surface area contributed by atoms with Gasteiger partial charge in [-0.25, -0.2) is 4.39 Å². The Morgan fingerprint density at radius 3 is 2.77 bits per heavy atom. The molecule has 0 spiro atoms. The first-order chi connectivity index (χ1) is 9.83. The summed E-state index contributed by atoms with van der Waals surface area (Å²) < 4.78 is 13.9. The summed E-state index contributed by atoms with van der Waals surface area (Å²) in [5, 5.41) is 3.18. The topological polar surface area (TPSA) is 55.1 Å². The molecule has 1 aliphatic rings. The Hall–Kier alpha value is -0.840. The van der Waals surface area contributed by atoms with Gasteiger partial charge in [0.05, 0.1) is 12.0 Å². The summed E-state index contributed by atoms with van der Waals surface area (Å²) in [5.41, 5.74) is 6.06. The lowest BCUT2D eigenvalue weighted by Crippen LogP contribution is -2.53. The lowest BCUT2D eigenvalue weighted by Gasteiger charge is -2.37. The fourth-order valence-electron chi connectivity index (χ4n) is 3.10. The Morgan fingerprint density at radius 2 is 2.18 bits per heavy atom. The summed E-state index contributed by atoms with van der Waals surface area (Å²) in [6.45, 7) is 3.65. The summed E-state index contributed by atoms with van der Waals surface area (Å²) in [6.07, 6.45) is 3.65. The van der Waals surface area contributed by atoms with Crippen molar-refractivity contribution in [3.63, 3.8) is 0 Å². The molecule has 0 heterocycles. The Balaban J connectivity index is 0.00000242. The SMILES string of the molecule is CC(NC(=O)C1CCCCC1(C)N)c1c(F)cccc1Cl.Cl. The predicted octanol–water partition coefficient (Wildman–Crippen LogP) is 3.99. The van der Waals surface area contributed by atoms with E-state index in [9.17, 15) is 9.18 Å². The van der Waals surface area contributed by atoms with Crippen molar-refractivity contribution in [1.82, 2.24) is 5.32 Å². The number of halogens is 3. The van der Waals surface area contributed by atoms with Crippen LogP contribution in [0.3, 0.4) is 0 Å². The summed E-state index contributed by atoms with van der Waals surface area (Å²) in [6, 6.07) is 4.03. The highest BCUT2D eigenvalue weighted by Gasteiger charge is 2.38. The molecule has 1 fully saturated rings. The maximum absolute atomic E-state index is 13.9. The van der Waals surface area contributed by atoms with Crippen molar-refractivity contribution in [1.29, 1.82) is 0 Å². The molecule has 1 saturated carbocycles. The van der Waals surface area contributed by atoms with Crippen molar-refractivity contribution >= 4 is 29.9 Å². The van der Waals surface area contributed by atoms with E-state index in [0.717, 1.165) is 25.7 Å². The molecule has 0 aliphatic heterocycles. The highest BCUT2D eigenvalue weighted by atomic mass is 35.5. The number of hydrogen-bond acceptors (Lipinski definition) is 2. The van der Waals surface area contributed by atoms with Crippen LogP contribution in [0.2, 0.25) is 5.02 Å². The van der Waals surface area contributed by atoms with E-state index < -0.39 is 17.4 Å². The molecular formula is C16H23Cl2FN2O. The molecule has 0 radical (unpaired) electrons. The second-order valence-corrected chi connectivity index (χ2v) is 6.58. The Bertz CT molecular complexity index is 517. The van der Waals surface area contributed by atoms with Crippen LogP contribution in [0.15, 0.2) is 18.2 Å². The van der Waals surface area contributed by atoms with Crippen molar-refractivity contribution < 1.29 is 9.18 Å². The summed E-state index contributed by atoms with van der Waals surface area (Å²) in [5.74, 6) is -0.764. The van der Waals surface area contributed by atoms with Crippen LogP contribution in [-0.4, -0.2) is 11.4 Å². The van der Waals surface area contributed by atoms with Gasteiger partial charge in [-0.15, -0.1) is 12.4 Å². The van der Waals surface area contributed by atoms with Gasteiger partial charge in [-0.05, 0) is 38.8 Å². The zero-order chi connectivity index (χ0) is 15.6. The van der Waals surface area contributed by atoms with Crippen LogP contribution >= 0.6 is 24.0 Å². The van der Waals surface area contributed by atoms with Crippen molar-refractivity contribution in [2.24, 2.45) is 11.7 Å². The molecule has 1 aromatic rings. The molecular weight excluding hydrogens is 326 g/mol. The van der Waals surface area contributed by atoms with Gasteiger partial charge >= 0.3 is 0 Å². The average molecular weight is 349 g/mol. The third-order valence-corrected chi connectivity index (χ3v) is 4.69. The van der Waals surface area contributed by atoms with Gasteiger partial charge < -0.3 is 11.1 Å². The number of carbonyl (C=O) groups excluding carboxylic acids is 1. The Labute approximate surface area is 142 Å². The monoisotopic (exact) mass is 348 g/mol. The molecule has 1 amide bonds. The van der Waals surface area contributed by atoms with Crippen LogP contribution in [0.1, 0.15) is 51.1 Å². The standard InChI is InChI=1S/C16H22ClFN2O.ClH/c1-10(14-12(17)7-5-8-13(14)18)20-15(21)11-6-3-4-9-16(11,2)19;/h5,7-8,10-11H,3-4,6,9,19H2,1-2H3,(H,20,21);1H. The van der Waals surface area contributed by atoms with E-state index in [-0.39, 0.29) is 24.2 Å². The quantitative estimate of drug-likeness (QED) is 0.867. The van der Waals surface area contributed by atoms with Gasteiger partial charge in [0.1, 0.15) is 5.82 Å². The van der Waals surface area contributed by atoms with E-state index in [2.05, 4.69) is 5.32 Å². The third kappa shape index (κ3) is 4.12. The number of benzene rings is 1. The van der Waals surface area contributed by atoms with Crippen molar-refractivity contribution in [2.75, 3.05) is 0 Å². The highest BCUT2D eigenvalue weighted by Crippen LogP contribution is 2.33. The number of nitrogens with one attached hydrogen (secondary N) is 1. The van der Waals surface area contributed by atoms with Crippen LogP contribution < -0.4 is 11.1 Å². The first-order valence-electron chi connectivity index (χ1n) is 7.36. The van der Waals surface area contributed by atoms with Crippen molar-refractivity contribution in [3.8, 4) is 0 Å². The fourth-order valence-corrected chi connectivity index (χ4v) is 3.43. The maximum Gasteiger partial charge on any atom is 0.225 e. The molecule has 124 valence electrons. The summed E-state index contributed by atoms with van der Waals surface area (Å²) >= 11 is 6.03. The molecule has 1 aliphatic carbocycles. The largest absolute Gasteiger partial charge is 0.349 e. The minimum absolute atomic E-state index is 0. The zero-order valence-electron chi connectivity index (χ0n) is 12.9. The molecule has 0 saturated heterocycles. The summed E-state index contributed by atoms with van der Waals surface area (Å²) in [4.78, 5) is 12.5. The van der Waals surface area contributed by atoms with E-state index in [1.807, 2.05) is 6.92 Å². The van der Waals surface area contributed by atoms with Gasteiger partial charge in [0.2, 0.25) is 5.91 Å². The number of amides is 1. The van der Waals surface area contributed by atoms with Crippen LogP contribution in [0.4, 0.5) is 4.39 Å². The Kier molecular flexibility index (Phi) is 6.65. The fraction of sp³-hybridized carbons (Fsp3) is 0.562. The second-order valence-electron chi connectivity index (χ2n) is 6.17. The van der Waals surface area contributed by atoms with Gasteiger partial charge in [0.15, 0.2) is 0 Å². The number of carbonyl (C=O) groups is 1. The van der Waals surface area contributed by atoms with E-state index in [1.54, 1.807) is 19.1 Å². The first-order valence-corrected chi connectivity index (χ1v) is 7.74. The lowest BCUT2D eigenvalue weighted by atomic mass is 9.74.